The Bertz CT molecular complexity index is 149. The highest BCUT2D eigenvalue weighted by molar-refractivity contribution is 4.45. The minimum atomic E-state index is -0.785. The summed E-state index contributed by atoms with van der Waals surface area (Å²) in [6.07, 6.45) is 10.7. The van der Waals surface area contributed by atoms with Crippen molar-refractivity contribution in [2.75, 3.05) is 13.1 Å². The molecule has 0 radical (unpaired) electrons. The van der Waals surface area contributed by atoms with Crippen molar-refractivity contribution >= 4 is 0 Å². The summed E-state index contributed by atoms with van der Waals surface area (Å²) in [5, 5.41) is 19.0. The van der Waals surface area contributed by atoms with E-state index >= 15 is 0 Å². The Hall–Kier alpha value is -0.120. The molecule has 0 aromatic rings. The zero-order valence-electron chi connectivity index (χ0n) is 11.1. The monoisotopic (exact) mass is 232 g/mol. The molecule has 0 spiro atoms. The summed E-state index contributed by atoms with van der Waals surface area (Å²) in [5.74, 6) is 0. The highest BCUT2D eigenvalue weighted by Crippen LogP contribution is 2.10. The van der Waals surface area contributed by atoms with Crippen molar-refractivity contribution < 1.29 is 15.2 Å². The van der Waals surface area contributed by atoms with Gasteiger partial charge in [0.15, 0.2) is 0 Å². The van der Waals surface area contributed by atoms with Crippen molar-refractivity contribution in [2.45, 2.75) is 71.6 Å². The van der Waals surface area contributed by atoms with E-state index in [0.29, 0.717) is 13.1 Å². The molecule has 0 rings (SSSR count). The summed E-state index contributed by atoms with van der Waals surface area (Å²) >= 11 is 0. The first-order valence-electron chi connectivity index (χ1n) is 6.95. The molecule has 0 aliphatic heterocycles. The van der Waals surface area contributed by atoms with Crippen molar-refractivity contribution in [1.29, 1.82) is 0 Å². The second kappa shape index (κ2) is 10.1. The lowest BCUT2D eigenvalue weighted by molar-refractivity contribution is -1.24. The summed E-state index contributed by atoms with van der Waals surface area (Å²) < 4.78 is 0. The molecular formula is C13H30NO2+. The number of hydroxylamine groups is 4. The van der Waals surface area contributed by atoms with E-state index in [0.717, 1.165) is 19.3 Å². The van der Waals surface area contributed by atoms with E-state index < -0.39 is 4.81 Å². The minimum absolute atomic E-state index is 0.441. The quantitative estimate of drug-likeness (QED) is 0.319. The normalized spacial score (nSPS) is 12.0. The summed E-state index contributed by atoms with van der Waals surface area (Å²) in [4.78, 5) is -0.785. The van der Waals surface area contributed by atoms with Gasteiger partial charge in [0, 0.05) is 6.42 Å². The van der Waals surface area contributed by atoms with E-state index in [2.05, 4.69) is 6.92 Å². The molecule has 16 heavy (non-hydrogen) atoms. The van der Waals surface area contributed by atoms with Gasteiger partial charge < -0.3 is 0 Å². The fourth-order valence-corrected chi connectivity index (χ4v) is 1.97. The maximum Gasteiger partial charge on any atom is 0.142 e. The van der Waals surface area contributed by atoms with Crippen LogP contribution in [0.25, 0.3) is 0 Å². The van der Waals surface area contributed by atoms with Crippen LogP contribution in [0.2, 0.25) is 0 Å². The molecule has 0 aromatic carbocycles. The second-order valence-electron chi connectivity index (χ2n) is 4.80. The lowest BCUT2D eigenvalue weighted by Gasteiger charge is -2.20. The maximum absolute atomic E-state index is 9.48. The zero-order chi connectivity index (χ0) is 12.3. The molecule has 0 saturated carbocycles. The van der Waals surface area contributed by atoms with Crippen LogP contribution in [-0.2, 0) is 0 Å². The molecule has 0 amide bonds. The van der Waals surface area contributed by atoms with Crippen LogP contribution in [0.15, 0.2) is 0 Å². The topological polar surface area (TPSA) is 40.5 Å². The first kappa shape index (κ1) is 15.9. The third kappa shape index (κ3) is 10.4. The predicted octanol–water partition coefficient (Wildman–Crippen LogP) is 4.13. The van der Waals surface area contributed by atoms with Crippen LogP contribution in [0.3, 0.4) is 0 Å². The number of quaternary nitrogens is 1. The largest absolute Gasteiger partial charge is 0.182 e. The summed E-state index contributed by atoms with van der Waals surface area (Å²) in [6.45, 7) is 5.11. The van der Waals surface area contributed by atoms with Gasteiger partial charge in [0.05, 0.1) is 0 Å². The summed E-state index contributed by atoms with van der Waals surface area (Å²) in [6, 6.07) is 0. The van der Waals surface area contributed by atoms with E-state index in [1.165, 1.54) is 38.5 Å². The van der Waals surface area contributed by atoms with Gasteiger partial charge in [0.25, 0.3) is 0 Å². The Morgan fingerprint density at radius 3 is 1.62 bits per heavy atom. The molecule has 98 valence electrons. The molecule has 0 aliphatic rings. The van der Waals surface area contributed by atoms with Crippen molar-refractivity contribution in [2.24, 2.45) is 0 Å². The molecule has 0 fully saturated rings. The third-order valence-electron chi connectivity index (χ3n) is 2.95. The fraction of sp³-hybridized carbons (Fsp3) is 1.00. The van der Waals surface area contributed by atoms with Crippen LogP contribution in [0.4, 0.5) is 0 Å². The average molecular weight is 232 g/mol. The molecule has 0 heterocycles. The Morgan fingerprint density at radius 1 is 0.625 bits per heavy atom. The molecule has 0 unspecified atom stereocenters. The Morgan fingerprint density at radius 2 is 1.12 bits per heavy atom. The van der Waals surface area contributed by atoms with Crippen LogP contribution >= 0.6 is 0 Å². The smallest absolute Gasteiger partial charge is 0.142 e. The minimum Gasteiger partial charge on any atom is -0.182 e. The van der Waals surface area contributed by atoms with E-state index in [1.54, 1.807) is 0 Å². The van der Waals surface area contributed by atoms with Gasteiger partial charge >= 0.3 is 0 Å². The van der Waals surface area contributed by atoms with E-state index in [4.69, 9.17) is 0 Å². The van der Waals surface area contributed by atoms with Crippen LogP contribution in [0.5, 0.6) is 0 Å². The van der Waals surface area contributed by atoms with Crippen LogP contribution in [0.1, 0.15) is 71.6 Å². The molecule has 3 heteroatoms. The maximum atomic E-state index is 9.48. The molecule has 0 aliphatic carbocycles. The Labute approximate surface area is 101 Å². The Kier molecular flexibility index (Phi) is 9.99. The lowest BCUT2D eigenvalue weighted by atomic mass is 10.1. The van der Waals surface area contributed by atoms with Crippen LogP contribution in [0, 0.1) is 0 Å². The van der Waals surface area contributed by atoms with Crippen molar-refractivity contribution in [3.63, 3.8) is 0 Å². The summed E-state index contributed by atoms with van der Waals surface area (Å²) in [7, 11) is 0. The van der Waals surface area contributed by atoms with Gasteiger partial charge in [0.2, 0.25) is 0 Å². The number of nitrogens with zero attached hydrogens (tertiary/aromatic N) is 1. The SMILES string of the molecule is CCCCCCCCCC[N+](O)(O)CCC. The van der Waals surface area contributed by atoms with Gasteiger partial charge in [-0.05, 0) is 17.7 Å². The zero-order valence-corrected chi connectivity index (χ0v) is 11.1. The van der Waals surface area contributed by atoms with Gasteiger partial charge in [-0.15, -0.1) is 0 Å². The van der Waals surface area contributed by atoms with Gasteiger partial charge in [-0.2, -0.15) is 10.4 Å². The van der Waals surface area contributed by atoms with Crippen molar-refractivity contribution in [3.05, 3.63) is 0 Å². The lowest BCUT2D eigenvalue weighted by Crippen LogP contribution is -2.42. The van der Waals surface area contributed by atoms with Gasteiger partial charge in [-0.1, -0.05) is 52.4 Å². The standard InChI is InChI=1S/C13H30NO2/c1-3-5-6-7-8-9-10-11-13-14(15,16)12-4-2/h15-16H,3-13H2,1-2H3/q+1. The first-order chi connectivity index (χ1) is 7.62. The van der Waals surface area contributed by atoms with E-state index in [9.17, 15) is 10.4 Å². The summed E-state index contributed by atoms with van der Waals surface area (Å²) in [5.41, 5.74) is 0. The number of hydrogen-bond acceptors (Lipinski definition) is 2. The van der Waals surface area contributed by atoms with Crippen LogP contribution in [-0.4, -0.2) is 28.3 Å². The second-order valence-corrected chi connectivity index (χ2v) is 4.80. The van der Waals surface area contributed by atoms with E-state index in [-0.39, 0.29) is 0 Å². The highest BCUT2D eigenvalue weighted by Gasteiger charge is 2.19. The average Bonchev–Trinajstić information content (AvgIpc) is 2.22. The molecule has 0 aromatic heterocycles. The van der Waals surface area contributed by atoms with Crippen LogP contribution < -0.4 is 0 Å². The van der Waals surface area contributed by atoms with Gasteiger partial charge in [0.1, 0.15) is 13.1 Å². The fourth-order valence-electron chi connectivity index (χ4n) is 1.97. The molecule has 3 nitrogen and oxygen atoms in total. The third-order valence-corrected chi connectivity index (χ3v) is 2.95. The molecular weight excluding hydrogens is 202 g/mol. The number of hydrogen-bond donors (Lipinski definition) is 2. The van der Waals surface area contributed by atoms with Crippen molar-refractivity contribution in [3.8, 4) is 0 Å². The number of unbranched alkanes of at least 4 members (excludes halogenated alkanes) is 7. The molecule has 0 atom stereocenters. The van der Waals surface area contributed by atoms with Crippen molar-refractivity contribution in [1.82, 2.24) is 0 Å². The van der Waals surface area contributed by atoms with Gasteiger partial charge in [-0.25, -0.2) is 0 Å². The molecule has 2 N–H and O–H groups in total. The molecule has 0 saturated heterocycles. The van der Waals surface area contributed by atoms with Gasteiger partial charge in [-0.3, -0.25) is 0 Å². The first-order valence-corrected chi connectivity index (χ1v) is 6.95. The van der Waals surface area contributed by atoms with E-state index in [1.807, 2.05) is 6.92 Å². The highest BCUT2D eigenvalue weighted by atomic mass is 16.8. The Balaban J connectivity index is 3.20. The number of rotatable bonds is 11. The predicted molar refractivity (Wildman–Crippen MR) is 66.5 cm³/mol. The molecule has 0 bridgehead atoms.